The average Bonchev–Trinajstić information content (AvgIpc) is 2.89. The number of nitrogens with one attached hydrogen (secondary N) is 1. The van der Waals surface area contributed by atoms with Crippen LogP contribution in [0.3, 0.4) is 0 Å². The number of alkyl halides is 2. The minimum atomic E-state index is -2.77. The fourth-order valence-electron chi connectivity index (χ4n) is 3.10. The van der Waals surface area contributed by atoms with Crippen molar-refractivity contribution in [2.45, 2.75) is 52.2 Å². The predicted octanol–water partition coefficient (Wildman–Crippen LogP) is 4.35. The van der Waals surface area contributed by atoms with Crippen molar-refractivity contribution < 1.29 is 13.5 Å². The van der Waals surface area contributed by atoms with Gasteiger partial charge in [0.25, 0.3) is 0 Å². The van der Waals surface area contributed by atoms with E-state index in [2.05, 4.69) is 17.0 Å². The second-order valence-electron chi connectivity index (χ2n) is 5.65. The van der Waals surface area contributed by atoms with Gasteiger partial charge >= 0.3 is 6.61 Å². The topological polar surface area (TPSA) is 21.3 Å². The number of hydrogen-bond acceptors (Lipinski definition) is 2. The summed E-state index contributed by atoms with van der Waals surface area (Å²) in [5.41, 5.74) is 1.19. The molecule has 112 valence electrons. The molecule has 0 spiro atoms. The highest BCUT2D eigenvalue weighted by atomic mass is 19.3. The molecule has 0 unspecified atom stereocenters. The average molecular weight is 283 g/mol. The maximum Gasteiger partial charge on any atom is 0.387 e. The molecule has 20 heavy (non-hydrogen) atoms. The summed E-state index contributed by atoms with van der Waals surface area (Å²) in [6.07, 6.45) is 6.33. The lowest BCUT2D eigenvalue weighted by molar-refractivity contribution is -0.0505. The van der Waals surface area contributed by atoms with E-state index >= 15 is 0 Å². The molecule has 1 aliphatic rings. The quantitative estimate of drug-likeness (QED) is 0.803. The first-order chi connectivity index (χ1) is 9.65. The van der Waals surface area contributed by atoms with Crippen molar-refractivity contribution in [3.05, 3.63) is 29.8 Å². The molecule has 1 N–H and O–H groups in total. The van der Waals surface area contributed by atoms with Crippen LogP contribution >= 0.6 is 0 Å². The Morgan fingerprint density at radius 1 is 1.25 bits per heavy atom. The lowest BCUT2D eigenvalue weighted by atomic mass is 9.83. The van der Waals surface area contributed by atoms with E-state index in [0.717, 1.165) is 12.1 Å². The maximum atomic E-state index is 12.3. The molecule has 1 aromatic rings. The molecular weight excluding hydrogens is 260 g/mol. The van der Waals surface area contributed by atoms with Crippen LogP contribution in [-0.4, -0.2) is 13.2 Å². The molecule has 0 aliphatic heterocycles. The molecule has 1 fully saturated rings. The van der Waals surface area contributed by atoms with E-state index in [0.29, 0.717) is 12.0 Å². The van der Waals surface area contributed by atoms with Gasteiger partial charge in [0.2, 0.25) is 0 Å². The third kappa shape index (κ3) is 3.92. The van der Waals surface area contributed by atoms with Crippen molar-refractivity contribution >= 4 is 0 Å². The van der Waals surface area contributed by atoms with Gasteiger partial charge in [-0.1, -0.05) is 38.0 Å². The Hall–Kier alpha value is -1.16. The summed E-state index contributed by atoms with van der Waals surface area (Å²) < 4.78 is 29.2. The van der Waals surface area contributed by atoms with Crippen molar-refractivity contribution in [1.82, 2.24) is 5.32 Å². The van der Waals surface area contributed by atoms with Crippen LogP contribution in [0, 0.1) is 5.41 Å². The number of para-hydroxylation sites is 1. The number of benzene rings is 1. The number of halogens is 2. The monoisotopic (exact) mass is 283 g/mol. The smallest absolute Gasteiger partial charge is 0.387 e. The Morgan fingerprint density at radius 3 is 2.60 bits per heavy atom. The van der Waals surface area contributed by atoms with Crippen LogP contribution < -0.4 is 10.1 Å². The van der Waals surface area contributed by atoms with Gasteiger partial charge in [0.1, 0.15) is 5.75 Å². The molecule has 2 rings (SSSR count). The van der Waals surface area contributed by atoms with Gasteiger partial charge < -0.3 is 10.1 Å². The summed E-state index contributed by atoms with van der Waals surface area (Å²) in [6.45, 7) is 0.992. The lowest BCUT2D eigenvalue weighted by Gasteiger charge is -2.28. The van der Waals surface area contributed by atoms with E-state index in [9.17, 15) is 8.78 Å². The van der Waals surface area contributed by atoms with Crippen molar-refractivity contribution in [1.29, 1.82) is 0 Å². The Morgan fingerprint density at radius 2 is 1.95 bits per heavy atom. The molecule has 1 aromatic carbocycles. The van der Waals surface area contributed by atoms with Gasteiger partial charge in [0.15, 0.2) is 0 Å². The zero-order valence-electron chi connectivity index (χ0n) is 12.0. The zero-order valence-corrected chi connectivity index (χ0v) is 12.0. The first-order valence-corrected chi connectivity index (χ1v) is 7.39. The second kappa shape index (κ2) is 7.02. The van der Waals surface area contributed by atoms with Crippen molar-refractivity contribution in [2.24, 2.45) is 5.41 Å². The third-order valence-corrected chi connectivity index (χ3v) is 4.42. The Balaban J connectivity index is 1.90. The number of rotatable bonds is 7. The van der Waals surface area contributed by atoms with E-state index in [4.69, 9.17) is 0 Å². The highest BCUT2D eigenvalue weighted by Gasteiger charge is 2.31. The molecular formula is C16H23F2NO. The SMILES string of the molecule is CCC1(CNCc2ccccc2OC(F)F)CCCC1. The first kappa shape index (κ1) is 15.2. The second-order valence-corrected chi connectivity index (χ2v) is 5.65. The van der Waals surface area contributed by atoms with Gasteiger partial charge in [0, 0.05) is 18.7 Å². The van der Waals surface area contributed by atoms with E-state index in [1.807, 2.05) is 12.1 Å². The molecule has 0 bridgehead atoms. The van der Waals surface area contributed by atoms with E-state index in [1.54, 1.807) is 12.1 Å². The molecule has 0 radical (unpaired) electrons. The highest BCUT2D eigenvalue weighted by molar-refractivity contribution is 5.33. The summed E-state index contributed by atoms with van der Waals surface area (Å²) in [6, 6.07) is 6.98. The van der Waals surface area contributed by atoms with Gasteiger partial charge in [-0.05, 0) is 30.7 Å². The Kier molecular flexibility index (Phi) is 5.35. The molecule has 1 aliphatic carbocycles. The van der Waals surface area contributed by atoms with Crippen molar-refractivity contribution in [3.8, 4) is 5.75 Å². The van der Waals surface area contributed by atoms with Crippen LogP contribution in [0.15, 0.2) is 24.3 Å². The number of ether oxygens (including phenoxy) is 1. The van der Waals surface area contributed by atoms with Crippen LogP contribution in [0.25, 0.3) is 0 Å². The minimum absolute atomic E-state index is 0.270. The van der Waals surface area contributed by atoms with Crippen LogP contribution in [0.2, 0.25) is 0 Å². The third-order valence-electron chi connectivity index (χ3n) is 4.42. The molecule has 2 nitrogen and oxygen atoms in total. The van der Waals surface area contributed by atoms with Crippen LogP contribution in [0.1, 0.15) is 44.6 Å². The highest BCUT2D eigenvalue weighted by Crippen LogP contribution is 2.40. The van der Waals surface area contributed by atoms with Gasteiger partial charge in [-0.15, -0.1) is 0 Å². The summed E-state index contributed by atoms with van der Waals surface area (Å²) in [5.74, 6) is 0.270. The summed E-state index contributed by atoms with van der Waals surface area (Å²) in [4.78, 5) is 0. The fourth-order valence-corrected chi connectivity index (χ4v) is 3.10. The largest absolute Gasteiger partial charge is 0.434 e. The normalized spacial score (nSPS) is 17.6. The minimum Gasteiger partial charge on any atom is -0.434 e. The molecule has 0 heterocycles. The Labute approximate surface area is 119 Å². The van der Waals surface area contributed by atoms with E-state index in [-0.39, 0.29) is 5.75 Å². The molecule has 4 heteroatoms. The fraction of sp³-hybridized carbons (Fsp3) is 0.625. The molecule has 0 aromatic heterocycles. The van der Waals surface area contributed by atoms with Crippen molar-refractivity contribution in [3.63, 3.8) is 0 Å². The summed E-state index contributed by atoms with van der Waals surface area (Å²) >= 11 is 0. The Bertz CT molecular complexity index is 417. The van der Waals surface area contributed by atoms with Gasteiger partial charge in [0.05, 0.1) is 0 Å². The molecule has 0 atom stereocenters. The predicted molar refractivity (Wildman–Crippen MR) is 76.0 cm³/mol. The maximum absolute atomic E-state index is 12.3. The van der Waals surface area contributed by atoms with Crippen molar-refractivity contribution in [2.75, 3.05) is 6.54 Å². The van der Waals surface area contributed by atoms with E-state index < -0.39 is 6.61 Å². The van der Waals surface area contributed by atoms with E-state index in [1.165, 1.54) is 32.1 Å². The first-order valence-electron chi connectivity index (χ1n) is 7.39. The molecule has 0 saturated heterocycles. The lowest BCUT2D eigenvalue weighted by Crippen LogP contribution is -2.31. The molecule has 1 saturated carbocycles. The van der Waals surface area contributed by atoms with Crippen LogP contribution in [-0.2, 0) is 6.54 Å². The van der Waals surface area contributed by atoms with Gasteiger partial charge in [-0.25, -0.2) is 0 Å². The summed E-state index contributed by atoms with van der Waals surface area (Å²) in [7, 11) is 0. The van der Waals surface area contributed by atoms with Crippen LogP contribution in [0.5, 0.6) is 5.75 Å². The standard InChI is InChI=1S/C16H23F2NO/c1-2-16(9-5-6-10-16)12-19-11-13-7-3-4-8-14(13)20-15(17)18/h3-4,7-8,15,19H,2,5-6,9-12H2,1H3. The van der Waals surface area contributed by atoms with Gasteiger partial charge in [-0.3, -0.25) is 0 Å². The number of hydrogen-bond donors (Lipinski definition) is 1. The molecule has 0 amide bonds. The zero-order chi connectivity index (χ0) is 14.4. The summed E-state index contributed by atoms with van der Waals surface area (Å²) in [5, 5.41) is 3.42. The van der Waals surface area contributed by atoms with Gasteiger partial charge in [-0.2, -0.15) is 8.78 Å². The van der Waals surface area contributed by atoms with Crippen LogP contribution in [0.4, 0.5) is 8.78 Å².